The van der Waals surface area contributed by atoms with Gasteiger partial charge in [-0.2, -0.15) is 5.26 Å². The van der Waals surface area contributed by atoms with Gasteiger partial charge < -0.3 is 4.74 Å². The molecule has 0 saturated carbocycles. The molecule has 19 heavy (non-hydrogen) atoms. The fraction of sp³-hybridized carbons (Fsp3) is 0.562. The van der Waals surface area contributed by atoms with Crippen molar-refractivity contribution in [3.8, 4) is 11.8 Å². The van der Waals surface area contributed by atoms with Gasteiger partial charge in [-0.1, -0.05) is 19.1 Å². The zero-order valence-corrected chi connectivity index (χ0v) is 11.9. The summed E-state index contributed by atoms with van der Waals surface area (Å²) in [7, 11) is 1.69. The van der Waals surface area contributed by atoms with Crippen LogP contribution in [0.5, 0.6) is 5.75 Å². The van der Waals surface area contributed by atoms with Crippen molar-refractivity contribution in [3.63, 3.8) is 0 Å². The molecule has 1 saturated heterocycles. The molecule has 1 aromatic rings. The van der Waals surface area contributed by atoms with E-state index in [-0.39, 0.29) is 5.41 Å². The first-order chi connectivity index (χ1) is 9.15. The lowest BCUT2D eigenvalue weighted by Crippen LogP contribution is -2.38. The fourth-order valence-corrected chi connectivity index (χ4v) is 2.61. The molecule has 0 aliphatic carbocycles. The van der Waals surface area contributed by atoms with Crippen molar-refractivity contribution in [3.05, 3.63) is 29.8 Å². The maximum Gasteiger partial charge on any atom is 0.118 e. The SMILES string of the molecule is COc1ccc(CN2CCC(C)(CC#N)CC2)cc1. The van der Waals surface area contributed by atoms with Crippen LogP contribution < -0.4 is 4.74 Å². The first-order valence-electron chi connectivity index (χ1n) is 6.87. The summed E-state index contributed by atoms with van der Waals surface area (Å²) in [5, 5.41) is 8.86. The Bertz CT molecular complexity index is 439. The van der Waals surface area contributed by atoms with E-state index in [2.05, 4.69) is 30.0 Å². The standard InChI is InChI=1S/C16H22N2O/c1-16(7-10-17)8-11-18(12-9-16)13-14-3-5-15(19-2)6-4-14/h3-6H,7-9,11-13H2,1-2H3. The van der Waals surface area contributed by atoms with Crippen molar-refractivity contribution in [1.29, 1.82) is 5.26 Å². The lowest BCUT2D eigenvalue weighted by atomic mass is 9.78. The molecule has 1 fully saturated rings. The second kappa shape index (κ2) is 6.08. The maximum atomic E-state index is 8.86. The predicted molar refractivity (Wildman–Crippen MR) is 75.8 cm³/mol. The highest BCUT2D eigenvalue weighted by molar-refractivity contribution is 5.27. The van der Waals surface area contributed by atoms with Gasteiger partial charge in [-0.25, -0.2) is 0 Å². The Kier molecular flexibility index (Phi) is 4.44. The Morgan fingerprint density at radius 2 is 1.89 bits per heavy atom. The van der Waals surface area contributed by atoms with Crippen LogP contribution in [0.1, 0.15) is 31.7 Å². The van der Waals surface area contributed by atoms with Crippen LogP contribution >= 0.6 is 0 Å². The largest absolute Gasteiger partial charge is 0.497 e. The van der Waals surface area contributed by atoms with Crippen LogP contribution in [0.2, 0.25) is 0 Å². The zero-order valence-electron chi connectivity index (χ0n) is 11.9. The molecule has 1 heterocycles. The van der Waals surface area contributed by atoms with Gasteiger partial charge in [-0.15, -0.1) is 0 Å². The van der Waals surface area contributed by atoms with E-state index in [0.717, 1.165) is 38.2 Å². The topological polar surface area (TPSA) is 36.3 Å². The third-order valence-electron chi connectivity index (χ3n) is 4.13. The van der Waals surface area contributed by atoms with Gasteiger partial charge in [0.25, 0.3) is 0 Å². The van der Waals surface area contributed by atoms with Crippen LogP contribution in [0, 0.1) is 16.7 Å². The van der Waals surface area contributed by atoms with Crippen molar-refractivity contribution < 1.29 is 4.74 Å². The molecule has 1 aliphatic heterocycles. The molecule has 2 rings (SSSR count). The lowest BCUT2D eigenvalue weighted by molar-refractivity contribution is 0.116. The summed E-state index contributed by atoms with van der Waals surface area (Å²) in [5.41, 5.74) is 1.55. The molecule has 1 aliphatic rings. The molecule has 1 aromatic carbocycles. The van der Waals surface area contributed by atoms with Crippen molar-refractivity contribution in [1.82, 2.24) is 4.90 Å². The van der Waals surface area contributed by atoms with E-state index in [0.29, 0.717) is 6.42 Å². The van der Waals surface area contributed by atoms with E-state index in [1.54, 1.807) is 7.11 Å². The summed E-state index contributed by atoms with van der Waals surface area (Å²) in [6, 6.07) is 10.6. The molecule has 0 aromatic heterocycles. The third-order valence-corrected chi connectivity index (χ3v) is 4.13. The summed E-state index contributed by atoms with van der Waals surface area (Å²) in [6.07, 6.45) is 2.93. The molecule has 102 valence electrons. The smallest absolute Gasteiger partial charge is 0.118 e. The maximum absolute atomic E-state index is 8.86. The summed E-state index contributed by atoms with van der Waals surface area (Å²) in [6.45, 7) is 5.40. The number of piperidine rings is 1. The summed E-state index contributed by atoms with van der Waals surface area (Å²) >= 11 is 0. The van der Waals surface area contributed by atoms with E-state index in [1.165, 1.54) is 5.56 Å². The average Bonchev–Trinajstić information content (AvgIpc) is 2.43. The van der Waals surface area contributed by atoms with Crippen molar-refractivity contribution in [2.24, 2.45) is 5.41 Å². The quantitative estimate of drug-likeness (QED) is 0.832. The normalized spacial score (nSPS) is 18.8. The van der Waals surface area contributed by atoms with Crippen LogP contribution in [-0.4, -0.2) is 25.1 Å². The molecule has 0 radical (unpaired) electrons. The van der Waals surface area contributed by atoms with E-state index in [1.807, 2.05) is 12.1 Å². The number of likely N-dealkylation sites (tertiary alicyclic amines) is 1. The first-order valence-corrected chi connectivity index (χ1v) is 6.87. The minimum atomic E-state index is 0.227. The molecule has 0 atom stereocenters. The van der Waals surface area contributed by atoms with Crippen molar-refractivity contribution in [2.75, 3.05) is 20.2 Å². The molecular formula is C16H22N2O. The molecule has 3 heteroatoms. The Morgan fingerprint density at radius 1 is 1.26 bits per heavy atom. The monoisotopic (exact) mass is 258 g/mol. The second-order valence-corrected chi connectivity index (χ2v) is 5.77. The van der Waals surface area contributed by atoms with E-state index >= 15 is 0 Å². The van der Waals surface area contributed by atoms with Gasteiger partial charge in [0.2, 0.25) is 0 Å². The van der Waals surface area contributed by atoms with Gasteiger partial charge in [0.1, 0.15) is 5.75 Å². The van der Waals surface area contributed by atoms with E-state index < -0.39 is 0 Å². The number of hydrogen-bond acceptors (Lipinski definition) is 3. The highest BCUT2D eigenvalue weighted by Gasteiger charge is 2.29. The molecule has 0 unspecified atom stereocenters. The minimum absolute atomic E-state index is 0.227. The first kappa shape index (κ1) is 13.9. The second-order valence-electron chi connectivity index (χ2n) is 5.77. The highest BCUT2D eigenvalue weighted by Crippen LogP contribution is 2.34. The summed E-state index contributed by atoms with van der Waals surface area (Å²) in [5.74, 6) is 0.906. The van der Waals surface area contributed by atoms with Gasteiger partial charge in [-0.3, -0.25) is 4.90 Å². The molecule has 3 nitrogen and oxygen atoms in total. The minimum Gasteiger partial charge on any atom is -0.497 e. The van der Waals surface area contributed by atoms with Gasteiger partial charge in [0.05, 0.1) is 13.2 Å². The van der Waals surface area contributed by atoms with Crippen LogP contribution in [0.3, 0.4) is 0 Å². The zero-order chi connectivity index (χ0) is 13.7. The number of rotatable bonds is 4. The van der Waals surface area contributed by atoms with E-state index in [9.17, 15) is 0 Å². The van der Waals surface area contributed by atoms with Gasteiger partial charge in [-0.05, 0) is 49.0 Å². The number of ether oxygens (including phenoxy) is 1. The molecule has 0 N–H and O–H groups in total. The van der Waals surface area contributed by atoms with Crippen molar-refractivity contribution >= 4 is 0 Å². The Hall–Kier alpha value is -1.53. The fourth-order valence-electron chi connectivity index (χ4n) is 2.61. The van der Waals surface area contributed by atoms with Gasteiger partial charge >= 0.3 is 0 Å². The molecule has 0 bridgehead atoms. The number of nitriles is 1. The highest BCUT2D eigenvalue weighted by atomic mass is 16.5. The molecule has 0 spiro atoms. The third kappa shape index (κ3) is 3.71. The number of methoxy groups -OCH3 is 1. The predicted octanol–water partition coefficient (Wildman–Crippen LogP) is 3.21. The average molecular weight is 258 g/mol. The number of hydrogen-bond donors (Lipinski definition) is 0. The van der Waals surface area contributed by atoms with Gasteiger partial charge in [0, 0.05) is 13.0 Å². The Balaban J connectivity index is 1.87. The summed E-state index contributed by atoms with van der Waals surface area (Å²) < 4.78 is 5.17. The van der Waals surface area contributed by atoms with Crippen LogP contribution in [-0.2, 0) is 6.54 Å². The Morgan fingerprint density at radius 3 is 2.42 bits per heavy atom. The van der Waals surface area contributed by atoms with E-state index in [4.69, 9.17) is 10.00 Å². The van der Waals surface area contributed by atoms with Crippen LogP contribution in [0.4, 0.5) is 0 Å². The molecule has 0 amide bonds. The van der Waals surface area contributed by atoms with Crippen molar-refractivity contribution in [2.45, 2.75) is 32.7 Å². The van der Waals surface area contributed by atoms with Gasteiger partial charge in [0.15, 0.2) is 0 Å². The number of nitrogens with zero attached hydrogens (tertiary/aromatic N) is 2. The summed E-state index contributed by atoms with van der Waals surface area (Å²) in [4.78, 5) is 2.47. The Labute approximate surface area is 115 Å². The van der Waals surface area contributed by atoms with Crippen LogP contribution in [0.15, 0.2) is 24.3 Å². The number of benzene rings is 1. The molecular weight excluding hydrogens is 236 g/mol. The van der Waals surface area contributed by atoms with Crippen LogP contribution in [0.25, 0.3) is 0 Å². The lowest BCUT2D eigenvalue weighted by Gasteiger charge is -2.38.